The molecule has 1 aliphatic rings. The first-order valence-corrected chi connectivity index (χ1v) is 9.88. The summed E-state index contributed by atoms with van der Waals surface area (Å²) >= 11 is 1.41. The molecule has 142 valence electrons. The summed E-state index contributed by atoms with van der Waals surface area (Å²) < 4.78 is 5.30. The Bertz CT molecular complexity index is 873. The molecule has 6 heteroatoms. The molecule has 3 rings (SSSR count). The van der Waals surface area contributed by atoms with Crippen LogP contribution < -0.4 is 4.90 Å². The van der Waals surface area contributed by atoms with Crippen LogP contribution in [0.5, 0.6) is 0 Å². The van der Waals surface area contributed by atoms with Gasteiger partial charge in [-0.3, -0.25) is 14.4 Å². The van der Waals surface area contributed by atoms with Gasteiger partial charge in [0.2, 0.25) is 0 Å². The van der Waals surface area contributed by atoms with E-state index in [1.807, 2.05) is 44.2 Å². The van der Waals surface area contributed by atoms with Crippen LogP contribution in [0.1, 0.15) is 46.8 Å². The van der Waals surface area contributed by atoms with Crippen LogP contribution in [0.3, 0.4) is 0 Å². The molecule has 0 spiro atoms. The number of amides is 1. The van der Waals surface area contributed by atoms with E-state index in [0.29, 0.717) is 4.88 Å². The lowest BCUT2D eigenvalue weighted by Crippen LogP contribution is -2.43. The van der Waals surface area contributed by atoms with Gasteiger partial charge in [-0.1, -0.05) is 18.2 Å². The van der Waals surface area contributed by atoms with Crippen molar-refractivity contribution < 1.29 is 19.1 Å². The molecule has 1 aromatic heterocycles. The number of fused-ring (bicyclic) bond motifs is 1. The fraction of sp³-hybridized carbons (Fsp3) is 0.381. The molecule has 0 radical (unpaired) electrons. The average molecular weight is 385 g/mol. The summed E-state index contributed by atoms with van der Waals surface area (Å²) in [5.74, 6) is -0.843. The summed E-state index contributed by atoms with van der Waals surface area (Å²) in [6.45, 7) is 5.49. The van der Waals surface area contributed by atoms with Crippen molar-refractivity contribution in [2.45, 2.75) is 52.2 Å². The van der Waals surface area contributed by atoms with E-state index in [1.54, 1.807) is 17.9 Å². The van der Waals surface area contributed by atoms with Gasteiger partial charge in [-0.15, -0.1) is 11.3 Å². The van der Waals surface area contributed by atoms with E-state index < -0.39 is 12.1 Å². The van der Waals surface area contributed by atoms with E-state index in [4.69, 9.17) is 4.74 Å². The van der Waals surface area contributed by atoms with Gasteiger partial charge >= 0.3 is 5.97 Å². The van der Waals surface area contributed by atoms with Crippen LogP contribution in [-0.4, -0.2) is 29.8 Å². The quantitative estimate of drug-likeness (QED) is 0.558. The predicted molar refractivity (Wildman–Crippen MR) is 105 cm³/mol. The highest BCUT2D eigenvalue weighted by atomic mass is 32.1. The molecule has 2 atom stereocenters. The Morgan fingerprint density at radius 1 is 1.19 bits per heavy atom. The lowest BCUT2D eigenvalue weighted by Gasteiger charge is -2.25. The fourth-order valence-electron chi connectivity index (χ4n) is 3.33. The number of Topliss-reactive ketones (excluding diaryl/α,β-unsaturated/α-hetero) is 1. The number of thiophene rings is 1. The van der Waals surface area contributed by atoms with E-state index in [-0.39, 0.29) is 30.6 Å². The van der Waals surface area contributed by atoms with Crippen molar-refractivity contribution in [1.29, 1.82) is 0 Å². The summed E-state index contributed by atoms with van der Waals surface area (Å²) in [7, 11) is 0. The van der Waals surface area contributed by atoms with Crippen molar-refractivity contribution in [3.05, 3.63) is 51.7 Å². The van der Waals surface area contributed by atoms with Gasteiger partial charge in [0.1, 0.15) is 0 Å². The third-order valence-corrected chi connectivity index (χ3v) is 5.71. The van der Waals surface area contributed by atoms with E-state index in [9.17, 15) is 14.4 Å². The fourth-order valence-corrected chi connectivity index (χ4v) is 4.16. The summed E-state index contributed by atoms with van der Waals surface area (Å²) in [5.41, 5.74) is 2.00. The largest absolute Gasteiger partial charge is 0.453 e. The summed E-state index contributed by atoms with van der Waals surface area (Å²) in [4.78, 5) is 40.4. The van der Waals surface area contributed by atoms with Crippen LogP contribution >= 0.6 is 11.3 Å². The topological polar surface area (TPSA) is 63.7 Å². The zero-order valence-electron chi connectivity index (χ0n) is 15.7. The first-order valence-electron chi connectivity index (χ1n) is 9.07. The third-order valence-electron chi connectivity index (χ3n) is 4.67. The molecule has 0 saturated heterocycles. The van der Waals surface area contributed by atoms with Gasteiger partial charge in [0.15, 0.2) is 11.9 Å². The molecule has 1 aromatic carbocycles. The first kappa shape index (κ1) is 19.3. The van der Waals surface area contributed by atoms with E-state index in [0.717, 1.165) is 22.5 Å². The molecule has 1 aliphatic heterocycles. The van der Waals surface area contributed by atoms with Gasteiger partial charge in [-0.05, 0) is 51.0 Å². The first-order chi connectivity index (χ1) is 12.9. The number of anilines is 1. The monoisotopic (exact) mass is 385 g/mol. The molecule has 1 amide bonds. The van der Waals surface area contributed by atoms with Crippen molar-refractivity contribution in [1.82, 2.24) is 0 Å². The van der Waals surface area contributed by atoms with E-state index >= 15 is 0 Å². The number of para-hydroxylation sites is 1. The van der Waals surface area contributed by atoms with Crippen molar-refractivity contribution in [3.63, 3.8) is 0 Å². The number of ether oxygens (including phenoxy) is 1. The minimum absolute atomic E-state index is 0.0275. The maximum absolute atomic E-state index is 12.8. The van der Waals surface area contributed by atoms with Crippen LogP contribution in [0.25, 0.3) is 0 Å². The molecular weight excluding hydrogens is 362 g/mol. The van der Waals surface area contributed by atoms with Crippen molar-refractivity contribution in [2.24, 2.45) is 0 Å². The Balaban J connectivity index is 1.55. The van der Waals surface area contributed by atoms with Gasteiger partial charge in [-0.25, -0.2) is 0 Å². The van der Waals surface area contributed by atoms with Crippen LogP contribution in [-0.2, 0) is 20.7 Å². The third kappa shape index (κ3) is 4.27. The number of aryl methyl sites for hydroxylation is 1. The molecule has 0 bridgehead atoms. The van der Waals surface area contributed by atoms with Gasteiger partial charge < -0.3 is 9.64 Å². The number of carbonyl (C=O) groups excluding carboxylic acids is 3. The zero-order chi connectivity index (χ0) is 19.6. The second-order valence-electron chi connectivity index (χ2n) is 6.86. The van der Waals surface area contributed by atoms with Crippen LogP contribution in [0.15, 0.2) is 36.4 Å². The molecule has 27 heavy (non-hydrogen) atoms. The Morgan fingerprint density at radius 2 is 1.93 bits per heavy atom. The highest BCUT2D eigenvalue weighted by Gasteiger charge is 2.34. The zero-order valence-corrected chi connectivity index (χ0v) is 16.5. The minimum atomic E-state index is -0.884. The molecule has 0 saturated carbocycles. The standard InChI is InChI=1S/C21H23NO4S/c1-13-12-16-6-4-5-7-17(16)22(13)21(25)15(3)26-20(24)11-9-18(23)19-10-8-14(2)27-19/h4-8,10,13,15H,9,11-12H2,1-3H3/t13-,15-/m0/s1. The number of rotatable bonds is 6. The normalized spacial score (nSPS) is 16.7. The number of hydrogen-bond donors (Lipinski definition) is 0. The van der Waals surface area contributed by atoms with Crippen LogP contribution in [0, 0.1) is 6.92 Å². The average Bonchev–Trinajstić information content (AvgIpc) is 3.21. The lowest BCUT2D eigenvalue weighted by atomic mass is 10.1. The Morgan fingerprint density at radius 3 is 2.63 bits per heavy atom. The molecule has 2 aromatic rings. The summed E-state index contributed by atoms with van der Waals surface area (Å²) in [6.07, 6.45) is -0.0374. The number of hydrogen-bond acceptors (Lipinski definition) is 5. The molecule has 2 heterocycles. The molecular formula is C21H23NO4S. The Labute approximate surface area is 162 Å². The van der Waals surface area contributed by atoms with Crippen molar-refractivity contribution in [2.75, 3.05) is 4.90 Å². The number of carbonyl (C=O) groups is 3. The number of benzene rings is 1. The molecule has 0 aliphatic carbocycles. The van der Waals surface area contributed by atoms with Crippen LogP contribution in [0.2, 0.25) is 0 Å². The highest BCUT2D eigenvalue weighted by molar-refractivity contribution is 7.14. The predicted octanol–water partition coefficient (Wildman–Crippen LogP) is 3.93. The SMILES string of the molecule is Cc1ccc(C(=O)CCC(=O)O[C@@H](C)C(=O)N2c3ccccc3C[C@@H]2C)s1. The van der Waals surface area contributed by atoms with Gasteiger partial charge in [-0.2, -0.15) is 0 Å². The van der Waals surface area contributed by atoms with Crippen molar-refractivity contribution >= 4 is 34.7 Å². The Kier molecular flexibility index (Phi) is 5.75. The summed E-state index contributed by atoms with van der Waals surface area (Å²) in [5, 5.41) is 0. The molecule has 0 N–H and O–H groups in total. The van der Waals surface area contributed by atoms with Gasteiger partial charge in [0.25, 0.3) is 5.91 Å². The maximum Gasteiger partial charge on any atom is 0.307 e. The van der Waals surface area contributed by atoms with E-state index in [1.165, 1.54) is 11.3 Å². The van der Waals surface area contributed by atoms with Crippen molar-refractivity contribution in [3.8, 4) is 0 Å². The van der Waals surface area contributed by atoms with Crippen LogP contribution in [0.4, 0.5) is 5.69 Å². The van der Waals surface area contributed by atoms with Gasteiger partial charge in [0, 0.05) is 23.0 Å². The highest BCUT2D eigenvalue weighted by Crippen LogP contribution is 2.32. The number of nitrogens with zero attached hydrogens (tertiary/aromatic N) is 1. The number of esters is 1. The minimum Gasteiger partial charge on any atom is -0.453 e. The number of ketones is 1. The second-order valence-corrected chi connectivity index (χ2v) is 8.14. The maximum atomic E-state index is 12.8. The molecule has 5 nitrogen and oxygen atoms in total. The Hall–Kier alpha value is -2.47. The van der Waals surface area contributed by atoms with E-state index in [2.05, 4.69) is 0 Å². The molecule has 0 fully saturated rings. The summed E-state index contributed by atoms with van der Waals surface area (Å²) in [6, 6.07) is 11.4. The van der Waals surface area contributed by atoms with Gasteiger partial charge in [0.05, 0.1) is 11.3 Å². The lowest BCUT2D eigenvalue weighted by molar-refractivity contribution is -0.153. The smallest absolute Gasteiger partial charge is 0.307 e. The second kappa shape index (κ2) is 8.05. The molecule has 0 unspecified atom stereocenters.